The van der Waals surface area contributed by atoms with E-state index >= 15 is 0 Å². The molecule has 15 heavy (non-hydrogen) atoms. The number of hydrogen-bond acceptors (Lipinski definition) is 3. The Hall–Kier alpha value is -1.78. The van der Waals surface area contributed by atoms with Crippen LogP contribution in [0.15, 0.2) is 6.07 Å². The van der Waals surface area contributed by atoms with Crippen molar-refractivity contribution in [2.75, 3.05) is 11.9 Å². The zero-order chi connectivity index (χ0) is 11.4. The molecule has 0 saturated heterocycles. The summed E-state index contributed by atoms with van der Waals surface area (Å²) in [6, 6.07) is 1.77. The Bertz CT molecular complexity index is 382. The van der Waals surface area contributed by atoms with E-state index < -0.39 is 5.97 Å². The number of aromatic amines is 1. The number of carbonyl (C=O) groups excluding carboxylic acids is 1. The van der Waals surface area contributed by atoms with E-state index in [9.17, 15) is 4.79 Å². The summed E-state index contributed by atoms with van der Waals surface area (Å²) in [7, 11) is 0. The van der Waals surface area contributed by atoms with E-state index in [0.717, 1.165) is 5.69 Å². The molecule has 0 saturated carbocycles. The van der Waals surface area contributed by atoms with Crippen molar-refractivity contribution in [3.8, 4) is 0 Å². The van der Waals surface area contributed by atoms with Gasteiger partial charge in [-0.1, -0.05) is 0 Å². The summed E-state index contributed by atoms with van der Waals surface area (Å²) < 4.78 is 4.88. The Balaban J connectivity index is 2.95. The number of amidine groups is 1. The van der Waals surface area contributed by atoms with E-state index in [-0.39, 0.29) is 5.84 Å². The molecular formula is C10H15N3O2. The standard InChI is InChI=1S/C10H15N3O2/c1-4-15-10(14)9-8(13-7(3)11)5-6(2)12-9/h5,12H,4H2,1-3H3,(H2,11,13). The molecule has 5 nitrogen and oxygen atoms in total. The first kappa shape index (κ1) is 11.3. The number of carbonyl (C=O) groups is 1. The number of aryl methyl sites for hydroxylation is 1. The molecule has 0 aliphatic heterocycles. The average molecular weight is 209 g/mol. The van der Waals surface area contributed by atoms with Gasteiger partial charge in [-0.15, -0.1) is 0 Å². The first-order valence-corrected chi connectivity index (χ1v) is 4.73. The maximum atomic E-state index is 11.5. The number of aromatic nitrogens is 1. The van der Waals surface area contributed by atoms with E-state index in [1.165, 1.54) is 0 Å². The van der Waals surface area contributed by atoms with Crippen LogP contribution in [0.1, 0.15) is 30.0 Å². The van der Waals surface area contributed by atoms with Gasteiger partial charge in [0.1, 0.15) is 5.69 Å². The van der Waals surface area contributed by atoms with Crippen LogP contribution in [0.25, 0.3) is 0 Å². The molecule has 82 valence electrons. The summed E-state index contributed by atoms with van der Waals surface area (Å²) >= 11 is 0. The summed E-state index contributed by atoms with van der Waals surface area (Å²) in [5, 5.41) is 10.1. The van der Waals surface area contributed by atoms with Gasteiger partial charge in [-0.3, -0.25) is 5.41 Å². The Morgan fingerprint density at radius 1 is 1.67 bits per heavy atom. The van der Waals surface area contributed by atoms with Crippen LogP contribution in [-0.2, 0) is 4.74 Å². The highest BCUT2D eigenvalue weighted by molar-refractivity contribution is 6.00. The zero-order valence-electron chi connectivity index (χ0n) is 9.10. The van der Waals surface area contributed by atoms with Crippen LogP contribution < -0.4 is 5.32 Å². The predicted molar refractivity (Wildman–Crippen MR) is 58.5 cm³/mol. The summed E-state index contributed by atoms with van der Waals surface area (Å²) in [5.41, 5.74) is 1.79. The quantitative estimate of drug-likeness (QED) is 0.404. The van der Waals surface area contributed by atoms with Crippen LogP contribution in [0.2, 0.25) is 0 Å². The molecule has 0 aromatic carbocycles. The highest BCUT2D eigenvalue weighted by Gasteiger charge is 2.15. The summed E-state index contributed by atoms with van der Waals surface area (Å²) in [6.45, 7) is 5.53. The minimum atomic E-state index is -0.408. The van der Waals surface area contributed by atoms with Gasteiger partial charge in [0.05, 0.1) is 18.1 Å². The van der Waals surface area contributed by atoms with Gasteiger partial charge in [-0.25, -0.2) is 4.79 Å². The maximum absolute atomic E-state index is 11.5. The molecule has 5 heteroatoms. The molecule has 0 amide bonds. The molecule has 1 heterocycles. The highest BCUT2D eigenvalue weighted by atomic mass is 16.5. The summed E-state index contributed by atoms with van der Waals surface area (Å²) in [5.74, 6) is -0.131. The van der Waals surface area contributed by atoms with Crippen LogP contribution >= 0.6 is 0 Å². The molecule has 1 aromatic heterocycles. The Morgan fingerprint density at radius 2 is 2.33 bits per heavy atom. The van der Waals surface area contributed by atoms with Crippen molar-refractivity contribution < 1.29 is 9.53 Å². The normalized spacial score (nSPS) is 9.80. The zero-order valence-corrected chi connectivity index (χ0v) is 9.10. The maximum Gasteiger partial charge on any atom is 0.356 e. The highest BCUT2D eigenvalue weighted by Crippen LogP contribution is 2.17. The molecule has 0 aliphatic rings. The lowest BCUT2D eigenvalue weighted by Crippen LogP contribution is -2.11. The van der Waals surface area contributed by atoms with Crippen LogP contribution in [0, 0.1) is 12.3 Å². The monoisotopic (exact) mass is 209 g/mol. The fourth-order valence-electron chi connectivity index (χ4n) is 1.25. The van der Waals surface area contributed by atoms with Crippen molar-refractivity contribution in [2.24, 2.45) is 0 Å². The number of hydrogen-bond donors (Lipinski definition) is 3. The van der Waals surface area contributed by atoms with E-state index in [0.29, 0.717) is 18.0 Å². The van der Waals surface area contributed by atoms with E-state index in [1.807, 2.05) is 6.92 Å². The molecule has 0 fully saturated rings. The first-order valence-electron chi connectivity index (χ1n) is 4.73. The first-order chi connectivity index (χ1) is 7.04. The Labute approximate surface area is 88.3 Å². The summed E-state index contributed by atoms with van der Waals surface area (Å²) in [4.78, 5) is 14.4. The van der Waals surface area contributed by atoms with Gasteiger partial charge in [-0.2, -0.15) is 0 Å². The van der Waals surface area contributed by atoms with Crippen LogP contribution in [0.5, 0.6) is 0 Å². The van der Waals surface area contributed by atoms with E-state index in [2.05, 4.69) is 10.3 Å². The van der Waals surface area contributed by atoms with Crippen molar-refractivity contribution in [1.82, 2.24) is 4.98 Å². The van der Waals surface area contributed by atoms with Gasteiger partial charge in [0.15, 0.2) is 0 Å². The third kappa shape index (κ3) is 2.83. The Kier molecular flexibility index (Phi) is 3.49. The molecule has 0 spiro atoms. The third-order valence-electron chi connectivity index (χ3n) is 1.75. The minimum Gasteiger partial charge on any atom is -0.461 e. The van der Waals surface area contributed by atoms with E-state index in [4.69, 9.17) is 10.1 Å². The minimum absolute atomic E-state index is 0.277. The Morgan fingerprint density at radius 3 is 2.87 bits per heavy atom. The van der Waals surface area contributed by atoms with E-state index in [1.54, 1.807) is 19.9 Å². The van der Waals surface area contributed by atoms with Gasteiger partial charge in [0.25, 0.3) is 0 Å². The largest absolute Gasteiger partial charge is 0.461 e. The molecule has 1 aromatic rings. The second-order valence-corrected chi connectivity index (χ2v) is 3.21. The SMILES string of the molecule is CCOC(=O)c1[nH]c(C)cc1NC(C)=N. The van der Waals surface area contributed by atoms with Gasteiger partial charge in [-0.05, 0) is 26.8 Å². The molecule has 0 bridgehead atoms. The second-order valence-electron chi connectivity index (χ2n) is 3.21. The molecular weight excluding hydrogens is 194 g/mol. The van der Waals surface area contributed by atoms with Gasteiger partial charge >= 0.3 is 5.97 Å². The fourth-order valence-corrected chi connectivity index (χ4v) is 1.25. The van der Waals surface area contributed by atoms with Crippen molar-refractivity contribution in [2.45, 2.75) is 20.8 Å². The summed E-state index contributed by atoms with van der Waals surface area (Å²) in [6.07, 6.45) is 0. The number of nitrogens with one attached hydrogen (secondary N) is 3. The lowest BCUT2D eigenvalue weighted by atomic mass is 10.3. The van der Waals surface area contributed by atoms with Crippen LogP contribution in [0.4, 0.5) is 5.69 Å². The van der Waals surface area contributed by atoms with Gasteiger partial charge < -0.3 is 15.0 Å². The second kappa shape index (κ2) is 4.63. The van der Waals surface area contributed by atoms with Crippen LogP contribution in [0.3, 0.4) is 0 Å². The topological polar surface area (TPSA) is 78.0 Å². The predicted octanol–water partition coefficient (Wildman–Crippen LogP) is 1.91. The fraction of sp³-hybridized carbons (Fsp3) is 0.400. The number of H-pyrrole nitrogens is 1. The molecule has 1 rings (SSSR count). The number of esters is 1. The number of anilines is 1. The molecule has 0 atom stereocenters. The van der Waals surface area contributed by atoms with Gasteiger partial charge in [0, 0.05) is 5.69 Å². The van der Waals surface area contributed by atoms with Crippen molar-refractivity contribution in [3.05, 3.63) is 17.5 Å². The smallest absolute Gasteiger partial charge is 0.356 e. The molecule has 0 radical (unpaired) electrons. The number of rotatable bonds is 3. The van der Waals surface area contributed by atoms with Crippen molar-refractivity contribution >= 4 is 17.5 Å². The molecule has 0 unspecified atom stereocenters. The third-order valence-corrected chi connectivity index (χ3v) is 1.75. The average Bonchev–Trinajstić information content (AvgIpc) is 2.46. The lowest BCUT2D eigenvalue weighted by Gasteiger charge is -2.04. The van der Waals surface area contributed by atoms with Crippen molar-refractivity contribution in [1.29, 1.82) is 5.41 Å². The van der Waals surface area contributed by atoms with Crippen LogP contribution in [-0.4, -0.2) is 23.4 Å². The van der Waals surface area contributed by atoms with Gasteiger partial charge in [0.2, 0.25) is 0 Å². The lowest BCUT2D eigenvalue weighted by molar-refractivity contribution is 0.0521. The molecule has 0 aliphatic carbocycles. The number of ether oxygens (including phenoxy) is 1. The van der Waals surface area contributed by atoms with Crippen molar-refractivity contribution in [3.63, 3.8) is 0 Å². The molecule has 3 N–H and O–H groups in total.